The highest BCUT2D eigenvalue weighted by Gasteiger charge is 2.18. The van der Waals surface area contributed by atoms with E-state index in [-0.39, 0.29) is 5.41 Å². The molecule has 0 aliphatic heterocycles. The summed E-state index contributed by atoms with van der Waals surface area (Å²) in [7, 11) is 0. The van der Waals surface area contributed by atoms with E-state index in [1.54, 1.807) is 17.5 Å². The van der Waals surface area contributed by atoms with Crippen molar-refractivity contribution in [1.29, 1.82) is 0 Å². The van der Waals surface area contributed by atoms with Crippen LogP contribution in [0.1, 0.15) is 31.6 Å². The van der Waals surface area contributed by atoms with Gasteiger partial charge in [0, 0.05) is 23.1 Å². The number of hydrogen-bond donors (Lipinski definition) is 1. The first-order chi connectivity index (χ1) is 8.45. The Labute approximate surface area is 119 Å². The largest absolute Gasteiger partial charge is 0.363 e. The fourth-order valence-electron chi connectivity index (χ4n) is 1.35. The van der Waals surface area contributed by atoms with Crippen LogP contribution >= 0.6 is 27.3 Å². The molecule has 4 nitrogen and oxygen atoms in total. The molecule has 0 fully saturated rings. The predicted octanol–water partition coefficient (Wildman–Crippen LogP) is 3.61. The van der Waals surface area contributed by atoms with Crippen molar-refractivity contribution in [2.24, 2.45) is 0 Å². The molecular formula is C12H15BrN4S. The summed E-state index contributed by atoms with van der Waals surface area (Å²) < 4.78 is 0.795. The number of hydrogen-bond acceptors (Lipinski definition) is 5. The molecule has 0 atom stereocenters. The van der Waals surface area contributed by atoms with Crippen molar-refractivity contribution in [3.8, 4) is 0 Å². The van der Waals surface area contributed by atoms with Gasteiger partial charge in [0.15, 0.2) is 0 Å². The van der Waals surface area contributed by atoms with E-state index in [1.165, 1.54) is 0 Å². The molecule has 0 saturated carbocycles. The molecule has 0 aliphatic rings. The molecule has 1 N–H and O–H groups in total. The Hall–Kier alpha value is -1.01. The van der Waals surface area contributed by atoms with Gasteiger partial charge in [-0.15, -0.1) is 11.3 Å². The van der Waals surface area contributed by atoms with Crippen LogP contribution in [0.25, 0.3) is 0 Å². The first-order valence-corrected chi connectivity index (χ1v) is 7.30. The fourth-order valence-corrected chi connectivity index (χ4v) is 2.29. The molecule has 96 valence electrons. The molecule has 0 amide bonds. The summed E-state index contributed by atoms with van der Waals surface area (Å²) in [5.74, 6) is 1.63. The third-order valence-corrected chi connectivity index (χ3v) is 3.46. The van der Waals surface area contributed by atoms with Crippen LogP contribution in [0.3, 0.4) is 0 Å². The maximum absolute atomic E-state index is 4.53. The maximum Gasteiger partial charge on any atom is 0.137 e. The van der Waals surface area contributed by atoms with Crippen LogP contribution in [0.4, 0.5) is 5.82 Å². The Morgan fingerprint density at radius 1 is 1.33 bits per heavy atom. The lowest BCUT2D eigenvalue weighted by Crippen LogP contribution is -2.17. The van der Waals surface area contributed by atoms with Crippen LogP contribution < -0.4 is 5.32 Å². The average molecular weight is 327 g/mol. The topological polar surface area (TPSA) is 50.7 Å². The summed E-state index contributed by atoms with van der Waals surface area (Å²) in [5, 5.41) is 6.28. The molecule has 0 saturated heterocycles. The molecule has 0 aromatic carbocycles. The minimum absolute atomic E-state index is 0.0681. The minimum Gasteiger partial charge on any atom is -0.363 e. The number of aromatic nitrogens is 3. The summed E-state index contributed by atoms with van der Waals surface area (Å²) >= 11 is 5.05. The maximum atomic E-state index is 4.53. The van der Waals surface area contributed by atoms with Gasteiger partial charge in [-0.1, -0.05) is 20.8 Å². The van der Waals surface area contributed by atoms with E-state index in [0.717, 1.165) is 21.3 Å². The normalized spacial score (nSPS) is 11.6. The molecule has 0 bridgehead atoms. The molecule has 0 aliphatic carbocycles. The third kappa shape index (κ3) is 3.49. The molecule has 6 heteroatoms. The highest BCUT2D eigenvalue weighted by atomic mass is 79.9. The van der Waals surface area contributed by atoms with E-state index >= 15 is 0 Å². The van der Waals surface area contributed by atoms with Gasteiger partial charge in [-0.05, 0) is 15.9 Å². The van der Waals surface area contributed by atoms with Crippen molar-refractivity contribution in [1.82, 2.24) is 15.0 Å². The van der Waals surface area contributed by atoms with E-state index < -0.39 is 0 Å². The van der Waals surface area contributed by atoms with E-state index in [2.05, 4.69) is 57.0 Å². The van der Waals surface area contributed by atoms with Crippen molar-refractivity contribution in [2.75, 3.05) is 5.32 Å². The van der Waals surface area contributed by atoms with E-state index in [9.17, 15) is 0 Å². The molecular weight excluding hydrogens is 312 g/mol. The van der Waals surface area contributed by atoms with Gasteiger partial charge >= 0.3 is 0 Å². The Bertz CT molecular complexity index is 519. The second kappa shape index (κ2) is 5.32. The molecule has 2 heterocycles. The highest BCUT2D eigenvalue weighted by Crippen LogP contribution is 2.22. The lowest BCUT2D eigenvalue weighted by molar-refractivity contribution is 0.544. The van der Waals surface area contributed by atoms with E-state index in [1.807, 2.05) is 11.4 Å². The average Bonchev–Trinajstić information content (AvgIpc) is 2.77. The van der Waals surface area contributed by atoms with E-state index in [4.69, 9.17) is 0 Å². The summed E-state index contributed by atoms with van der Waals surface area (Å²) in [6.45, 7) is 6.98. The lowest BCUT2D eigenvalue weighted by atomic mass is 9.96. The molecule has 18 heavy (non-hydrogen) atoms. The zero-order chi connectivity index (χ0) is 13.2. The van der Waals surface area contributed by atoms with Gasteiger partial charge in [-0.25, -0.2) is 15.0 Å². The number of halogens is 1. The number of anilines is 1. The van der Waals surface area contributed by atoms with Gasteiger partial charge < -0.3 is 5.32 Å². The van der Waals surface area contributed by atoms with Crippen LogP contribution in [-0.4, -0.2) is 15.0 Å². The van der Waals surface area contributed by atoms with Crippen molar-refractivity contribution in [3.05, 3.63) is 33.1 Å². The fraction of sp³-hybridized carbons (Fsp3) is 0.417. The van der Waals surface area contributed by atoms with Crippen LogP contribution in [0, 0.1) is 0 Å². The number of thiazole rings is 1. The SMILES string of the molecule is CC(C)(C)c1nc(Br)cc(NCc2nccs2)n1. The van der Waals surface area contributed by atoms with E-state index in [0.29, 0.717) is 6.54 Å². The second-order valence-electron chi connectivity index (χ2n) is 4.93. The van der Waals surface area contributed by atoms with Gasteiger partial charge in [0.05, 0.1) is 6.54 Å². The van der Waals surface area contributed by atoms with Crippen molar-refractivity contribution in [3.63, 3.8) is 0 Å². The quantitative estimate of drug-likeness (QED) is 0.875. The molecule has 0 unspecified atom stereocenters. The van der Waals surface area contributed by atoms with Gasteiger partial charge in [0.1, 0.15) is 21.3 Å². The van der Waals surface area contributed by atoms with Crippen molar-refractivity contribution in [2.45, 2.75) is 32.7 Å². The number of rotatable bonds is 3. The van der Waals surface area contributed by atoms with Crippen LogP contribution in [-0.2, 0) is 12.0 Å². The molecule has 2 aromatic rings. The molecule has 2 aromatic heterocycles. The van der Waals surface area contributed by atoms with Gasteiger partial charge in [-0.2, -0.15) is 0 Å². The minimum atomic E-state index is -0.0681. The summed E-state index contributed by atoms with van der Waals surface area (Å²) in [6.07, 6.45) is 1.80. The summed E-state index contributed by atoms with van der Waals surface area (Å²) in [6, 6.07) is 1.88. The summed E-state index contributed by atoms with van der Waals surface area (Å²) in [4.78, 5) is 13.2. The third-order valence-electron chi connectivity index (χ3n) is 2.27. The van der Waals surface area contributed by atoms with Crippen LogP contribution in [0.2, 0.25) is 0 Å². The first-order valence-electron chi connectivity index (χ1n) is 5.62. The molecule has 2 rings (SSSR count). The smallest absolute Gasteiger partial charge is 0.137 e. The van der Waals surface area contributed by atoms with Gasteiger partial charge in [-0.3, -0.25) is 0 Å². The zero-order valence-corrected chi connectivity index (χ0v) is 13.0. The van der Waals surface area contributed by atoms with Crippen molar-refractivity contribution >= 4 is 33.1 Å². The van der Waals surface area contributed by atoms with Gasteiger partial charge in [0.2, 0.25) is 0 Å². The number of nitrogens with one attached hydrogen (secondary N) is 1. The summed E-state index contributed by atoms with van der Waals surface area (Å²) in [5.41, 5.74) is -0.0681. The molecule has 0 spiro atoms. The number of nitrogens with zero attached hydrogens (tertiary/aromatic N) is 3. The predicted molar refractivity (Wildman–Crippen MR) is 77.9 cm³/mol. The Balaban J connectivity index is 2.15. The van der Waals surface area contributed by atoms with Crippen LogP contribution in [0.5, 0.6) is 0 Å². The van der Waals surface area contributed by atoms with Crippen molar-refractivity contribution < 1.29 is 0 Å². The Morgan fingerprint density at radius 3 is 2.72 bits per heavy atom. The molecule has 0 radical (unpaired) electrons. The first kappa shape index (κ1) is 13.4. The standard InChI is InChI=1S/C12H15BrN4S/c1-12(2,3)11-16-8(13)6-9(17-11)15-7-10-14-4-5-18-10/h4-6H,7H2,1-3H3,(H,15,16,17). The Kier molecular flexibility index (Phi) is 3.97. The lowest BCUT2D eigenvalue weighted by Gasteiger charge is -2.17. The van der Waals surface area contributed by atoms with Crippen LogP contribution in [0.15, 0.2) is 22.2 Å². The van der Waals surface area contributed by atoms with Gasteiger partial charge in [0.25, 0.3) is 0 Å². The zero-order valence-electron chi connectivity index (χ0n) is 10.6. The monoisotopic (exact) mass is 326 g/mol. The Morgan fingerprint density at radius 2 is 2.11 bits per heavy atom. The second-order valence-corrected chi connectivity index (χ2v) is 6.72. The highest BCUT2D eigenvalue weighted by molar-refractivity contribution is 9.10.